The molecule has 0 bridgehead atoms. The molecule has 0 saturated heterocycles. The third-order valence-corrected chi connectivity index (χ3v) is 3.75. The molecule has 0 amide bonds. The summed E-state index contributed by atoms with van der Waals surface area (Å²) in [5, 5.41) is 12.9. The van der Waals surface area contributed by atoms with Crippen LogP contribution in [0.15, 0.2) is 5.16 Å². The van der Waals surface area contributed by atoms with Gasteiger partial charge in [-0.1, -0.05) is 18.7 Å². The normalized spacial score (nSPS) is 12.3. The van der Waals surface area contributed by atoms with Gasteiger partial charge in [0.25, 0.3) is 0 Å². The van der Waals surface area contributed by atoms with Crippen LogP contribution < -0.4 is 10.2 Å². The molecule has 108 valence electrons. The molecule has 1 rings (SSSR count). The van der Waals surface area contributed by atoms with Crippen LogP contribution in [0.4, 0.5) is 11.9 Å². The molecule has 0 saturated carbocycles. The second-order valence-corrected chi connectivity index (χ2v) is 5.51. The highest BCUT2D eigenvalue weighted by atomic mass is 32.2. The number of aromatic nitrogens is 3. The average Bonchev–Trinajstić information content (AvgIpc) is 2.40. The number of nitrogens with one attached hydrogen (secondary N) is 1. The molecule has 19 heavy (non-hydrogen) atoms. The first-order chi connectivity index (χ1) is 9.14. The van der Waals surface area contributed by atoms with Crippen molar-refractivity contribution in [3.8, 4) is 0 Å². The third-order valence-electron chi connectivity index (χ3n) is 2.72. The zero-order valence-electron chi connectivity index (χ0n) is 12.1. The fourth-order valence-electron chi connectivity index (χ4n) is 1.58. The molecule has 1 aromatic heterocycles. The minimum Gasteiger partial charge on any atom is -0.396 e. The van der Waals surface area contributed by atoms with E-state index in [0.717, 1.165) is 19.5 Å². The van der Waals surface area contributed by atoms with Crippen LogP contribution in [0.1, 0.15) is 27.2 Å². The number of anilines is 2. The van der Waals surface area contributed by atoms with Gasteiger partial charge in [0.15, 0.2) is 5.16 Å². The quantitative estimate of drug-likeness (QED) is 0.703. The zero-order chi connectivity index (χ0) is 14.3. The first kappa shape index (κ1) is 16.0. The Bertz CT molecular complexity index is 386. The van der Waals surface area contributed by atoms with Crippen molar-refractivity contribution in [1.29, 1.82) is 0 Å². The van der Waals surface area contributed by atoms with E-state index in [4.69, 9.17) is 5.11 Å². The van der Waals surface area contributed by atoms with Gasteiger partial charge >= 0.3 is 0 Å². The van der Waals surface area contributed by atoms with E-state index in [9.17, 15) is 0 Å². The Morgan fingerprint density at radius 2 is 1.95 bits per heavy atom. The highest BCUT2D eigenvalue weighted by molar-refractivity contribution is 7.99. The van der Waals surface area contributed by atoms with Crippen LogP contribution in [-0.4, -0.2) is 52.1 Å². The second-order valence-electron chi connectivity index (χ2n) is 4.10. The van der Waals surface area contributed by atoms with Gasteiger partial charge in [0.2, 0.25) is 11.9 Å². The molecule has 0 aliphatic rings. The van der Waals surface area contributed by atoms with E-state index in [-0.39, 0.29) is 11.9 Å². The summed E-state index contributed by atoms with van der Waals surface area (Å²) < 4.78 is 0. The fourth-order valence-corrected chi connectivity index (χ4v) is 2.44. The SMILES string of the molecule is CCN(CC)c1nc(NC)nc(SC(C)CCO)n1. The van der Waals surface area contributed by atoms with E-state index in [0.29, 0.717) is 17.1 Å². The number of rotatable bonds is 8. The van der Waals surface area contributed by atoms with Crippen molar-refractivity contribution in [2.75, 3.05) is 37.0 Å². The standard InChI is InChI=1S/C12H23N5OS/c1-5-17(6-2)11-14-10(13-4)15-12(16-11)19-9(3)7-8-18/h9,18H,5-8H2,1-4H3,(H,13,14,15,16). The lowest BCUT2D eigenvalue weighted by Crippen LogP contribution is -2.25. The molecule has 0 fully saturated rings. The van der Waals surface area contributed by atoms with Gasteiger partial charge in [-0.15, -0.1) is 0 Å². The lowest BCUT2D eigenvalue weighted by atomic mass is 10.4. The summed E-state index contributed by atoms with van der Waals surface area (Å²) in [7, 11) is 1.80. The molecule has 0 aliphatic carbocycles. The van der Waals surface area contributed by atoms with Crippen LogP contribution in [0.25, 0.3) is 0 Å². The molecule has 0 spiro atoms. The summed E-state index contributed by atoms with van der Waals surface area (Å²) in [5.74, 6) is 1.28. The predicted octanol–water partition coefficient (Wildman–Crippen LogP) is 1.62. The van der Waals surface area contributed by atoms with E-state index in [2.05, 4.69) is 45.9 Å². The zero-order valence-corrected chi connectivity index (χ0v) is 12.9. The Labute approximate surface area is 119 Å². The predicted molar refractivity (Wildman–Crippen MR) is 80.0 cm³/mol. The summed E-state index contributed by atoms with van der Waals surface area (Å²) in [5.41, 5.74) is 0. The molecular formula is C12H23N5OS. The number of thioether (sulfide) groups is 1. The maximum Gasteiger partial charge on any atom is 0.231 e. The van der Waals surface area contributed by atoms with Gasteiger partial charge in [-0.25, -0.2) is 0 Å². The first-order valence-corrected chi connectivity index (χ1v) is 7.48. The van der Waals surface area contributed by atoms with E-state index in [1.165, 1.54) is 0 Å². The van der Waals surface area contributed by atoms with Gasteiger partial charge in [0, 0.05) is 32.0 Å². The van der Waals surface area contributed by atoms with Crippen molar-refractivity contribution in [2.24, 2.45) is 0 Å². The van der Waals surface area contributed by atoms with Gasteiger partial charge in [-0.2, -0.15) is 15.0 Å². The number of hydrogen-bond donors (Lipinski definition) is 2. The Morgan fingerprint density at radius 3 is 2.47 bits per heavy atom. The molecule has 2 N–H and O–H groups in total. The van der Waals surface area contributed by atoms with Crippen molar-refractivity contribution in [3.63, 3.8) is 0 Å². The van der Waals surface area contributed by atoms with Gasteiger partial charge in [-0.05, 0) is 20.3 Å². The first-order valence-electron chi connectivity index (χ1n) is 6.60. The number of nitrogens with zero attached hydrogens (tertiary/aromatic N) is 4. The van der Waals surface area contributed by atoms with Crippen LogP contribution in [0.5, 0.6) is 0 Å². The molecule has 1 aromatic rings. The monoisotopic (exact) mass is 285 g/mol. The van der Waals surface area contributed by atoms with Gasteiger partial charge in [-0.3, -0.25) is 0 Å². The fraction of sp³-hybridized carbons (Fsp3) is 0.750. The van der Waals surface area contributed by atoms with E-state index < -0.39 is 0 Å². The topological polar surface area (TPSA) is 74.2 Å². The maximum atomic E-state index is 8.95. The van der Waals surface area contributed by atoms with Gasteiger partial charge in [0.05, 0.1) is 0 Å². The van der Waals surface area contributed by atoms with Crippen molar-refractivity contribution in [2.45, 2.75) is 37.6 Å². The summed E-state index contributed by atoms with van der Waals surface area (Å²) >= 11 is 1.56. The smallest absolute Gasteiger partial charge is 0.231 e. The van der Waals surface area contributed by atoms with Crippen LogP contribution in [0, 0.1) is 0 Å². The maximum absolute atomic E-state index is 8.95. The summed E-state index contributed by atoms with van der Waals surface area (Å²) in [6.07, 6.45) is 0.728. The Morgan fingerprint density at radius 1 is 1.26 bits per heavy atom. The van der Waals surface area contributed by atoms with Crippen LogP contribution in [0.3, 0.4) is 0 Å². The molecule has 6 nitrogen and oxygen atoms in total. The molecule has 0 aromatic carbocycles. The summed E-state index contributed by atoms with van der Waals surface area (Å²) in [6, 6.07) is 0. The molecule has 1 atom stereocenters. The highest BCUT2D eigenvalue weighted by Gasteiger charge is 2.13. The van der Waals surface area contributed by atoms with Crippen LogP contribution >= 0.6 is 11.8 Å². The summed E-state index contributed by atoms with van der Waals surface area (Å²) in [4.78, 5) is 15.3. The van der Waals surface area contributed by atoms with E-state index in [1.807, 2.05) is 0 Å². The molecular weight excluding hydrogens is 262 g/mol. The molecule has 1 heterocycles. The number of aliphatic hydroxyl groups excluding tert-OH is 1. The minimum absolute atomic E-state index is 0.182. The Kier molecular flexibility index (Phi) is 6.86. The molecule has 7 heteroatoms. The van der Waals surface area contributed by atoms with Crippen molar-refractivity contribution in [1.82, 2.24) is 15.0 Å². The van der Waals surface area contributed by atoms with Crippen LogP contribution in [0.2, 0.25) is 0 Å². The highest BCUT2D eigenvalue weighted by Crippen LogP contribution is 2.24. The van der Waals surface area contributed by atoms with Gasteiger partial charge in [0.1, 0.15) is 0 Å². The second kappa shape index (κ2) is 8.16. The summed E-state index contributed by atoms with van der Waals surface area (Å²) in [6.45, 7) is 8.11. The van der Waals surface area contributed by atoms with Gasteiger partial charge < -0.3 is 15.3 Å². The average molecular weight is 285 g/mol. The Hall–Kier alpha value is -1.08. The lowest BCUT2D eigenvalue weighted by molar-refractivity contribution is 0.289. The largest absolute Gasteiger partial charge is 0.396 e. The molecule has 0 radical (unpaired) electrons. The third kappa shape index (κ3) is 4.83. The molecule has 0 aliphatic heterocycles. The van der Waals surface area contributed by atoms with Crippen molar-refractivity contribution < 1.29 is 5.11 Å². The lowest BCUT2D eigenvalue weighted by Gasteiger charge is -2.19. The number of hydrogen-bond acceptors (Lipinski definition) is 7. The Balaban J connectivity index is 2.94. The van der Waals surface area contributed by atoms with Crippen molar-refractivity contribution in [3.05, 3.63) is 0 Å². The molecule has 1 unspecified atom stereocenters. The van der Waals surface area contributed by atoms with Crippen LogP contribution in [-0.2, 0) is 0 Å². The minimum atomic E-state index is 0.182. The van der Waals surface area contributed by atoms with E-state index in [1.54, 1.807) is 18.8 Å². The van der Waals surface area contributed by atoms with E-state index >= 15 is 0 Å². The number of aliphatic hydroxyl groups is 1. The van der Waals surface area contributed by atoms with Crippen molar-refractivity contribution >= 4 is 23.7 Å².